The number of epoxide rings is 1. The van der Waals surface area contributed by atoms with E-state index in [2.05, 4.69) is 0 Å². The van der Waals surface area contributed by atoms with Gasteiger partial charge in [-0.2, -0.15) is 0 Å². The molecule has 0 unspecified atom stereocenters. The topological polar surface area (TPSA) is 31.0 Å². The van der Waals surface area contributed by atoms with Crippen LogP contribution in [0.4, 0.5) is 0 Å². The van der Waals surface area contributed by atoms with Crippen LogP contribution in [-0.2, 0) is 4.74 Å². The Morgan fingerprint density at radius 3 is 1.82 bits per heavy atom. The molecule has 1 aromatic rings. The van der Waals surface area contributed by atoms with Crippen molar-refractivity contribution in [2.24, 2.45) is 0 Å². The quantitative estimate of drug-likeness (QED) is 0.734. The van der Waals surface area contributed by atoms with E-state index in [4.69, 9.17) is 14.2 Å². The number of fused-ring (bicyclic) bond motifs is 1. The Balaban J connectivity index is 1.97. The summed E-state index contributed by atoms with van der Waals surface area (Å²) in [6.45, 7) is 0. The monoisotopic (exact) mass is 232 g/mol. The molecule has 2 fully saturated rings. The molecule has 5 rings (SSSR count). The van der Waals surface area contributed by atoms with Crippen molar-refractivity contribution in [2.75, 3.05) is 14.2 Å². The van der Waals surface area contributed by atoms with Gasteiger partial charge in [-0.3, -0.25) is 0 Å². The van der Waals surface area contributed by atoms with Crippen molar-refractivity contribution in [1.82, 2.24) is 0 Å². The van der Waals surface area contributed by atoms with Gasteiger partial charge in [0.2, 0.25) is 0 Å². The normalized spacial score (nSPS) is 36.1. The fourth-order valence-corrected chi connectivity index (χ4v) is 3.81. The lowest BCUT2D eigenvalue weighted by molar-refractivity contribution is 0.347. The molecule has 0 N–H and O–H groups in total. The predicted molar refractivity (Wildman–Crippen MR) is 62.9 cm³/mol. The van der Waals surface area contributed by atoms with E-state index in [0.717, 1.165) is 11.5 Å². The Morgan fingerprint density at radius 2 is 1.41 bits per heavy atom. The average molecular weight is 232 g/mol. The van der Waals surface area contributed by atoms with E-state index in [0.29, 0.717) is 24.0 Å². The molecule has 3 heteroatoms. The Hall–Kier alpha value is -1.22. The van der Waals surface area contributed by atoms with Gasteiger partial charge in [-0.25, -0.2) is 0 Å². The fraction of sp³-hybridized carbons (Fsp3) is 0.571. The zero-order chi connectivity index (χ0) is 11.6. The third-order valence-electron chi connectivity index (χ3n) is 4.53. The lowest BCUT2D eigenvalue weighted by Crippen LogP contribution is -2.30. The van der Waals surface area contributed by atoms with E-state index < -0.39 is 0 Å². The van der Waals surface area contributed by atoms with E-state index in [1.54, 1.807) is 14.2 Å². The highest BCUT2D eigenvalue weighted by Crippen LogP contribution is 2.62. The van der Waals surface area contributed by atoms with Crippen molar-refractivity contribution in [3.8, 4) is 11.5 Å². The standard InChI is InChI=1S/C14H16O3/c1-15-9-5-6-10(16-2)12-8-4-3-7(11(9)12)13-14(8)17-13/h5-8,13-14H,3-4H2,1-2H3/t7-,8+,13+,14-. The van der Waals surface area contributed by atoms with Crippen LogP contribution in [0.3, 0.4) is 0 Å². The Kier molecular flexibility index (Phi) is 1.82. The van der Waals surface area contributed by atoms with Crippen molar-refractivity contribution in [3.63, 3.8) is 0 Å². The third-order valence-corrected chi connectivity index (χ3v) is 4.53. The molecule has 2 bridgehead atoms. The van der Waals surface area contributed by atoms with Gasteiger partial charge in [-0.1, -0.05) is 0 Å². The summed E-state index contributed by atoms with van der Waals surface area (Å²) >= 11 is 0. The molecule has 1 saturated heterocycles. The van der Waals surface area contributed by atoms with E-state index in [-0.39, 0.29) is 0 Å². The largest absolute Gasteiger partial charge is 0.496 e. The van der Waals surface area contributed by atoms with E-state index in [9.17, 15) is 0 Å². The van der Waals surface area contributed by atoms with Crippen LogP contribution in [0, 0.1) is 0 Å². The van der Waals surface area contributed by atoms with Crippen LogP contribution in [0.15, 0.2) is 12.1 Å². The van der Waals surface area contributed by atoms with Gasteiger partial charge < -0.3 is 14.2 Å². The van der Waals surface area contributed by atoms with Gasteiger partial charge in [-0.15, -0.1) is 0 Å². The molecule has 1 heterocycles. The van der Waals surface area contributed by atoms with Crippen molar-refractivity contribution < 1.29 is 14.2 Å². The summed E-state index contributed by atoms with van der Waals surface area (Å²) in [5.74, 6) is 3.05. The average Bonchev–Trinajstić information content (AvgIpc) is 3.19. The smallest absolute Gasteiger partial charge is 0.122 e. The van der Waals surface area contributed by atoms with Crippen LogP contribution >= 0.6 is 0 Å². The van der Waals surface area contributed by atoms with Gasteiger partial charge in [-0.05, 0) is 25.0 Å². The minimum absolute atomic E-state index is 0.447. The molecule has 4 aliphatic rings. The van der Waals surface area contributed by atoms with Crippen molar-refractivity contribution >= 4 is 0 Å². The van der Waals surface area contributed by atoms with Crippen LogP contribution < -0.4 is 9.47 Å². The van der Waals surface area contributed by atoms with E-state index in [1.807, 2.05) is 12.1 Å². The van der Waals surface area contributed by atoms with Crippen LogP contribution in [0.2, 0.25) is 0 Å². The van der Waals surface area contributed by atoms with Gasteiger partial charge in [0.05, 0.1) is 26.4 Å². The zero-order valence-electron chi connectivity index (χ0n) is 10.1. The van der Waals surface area contributed by atoms with Gasteiger partial charge in [0.15, 0.2) is 0 Å². The highest BCUT2D eigenvalue weighted by atomic mass is 16.6. The number of hydrogen-bond acceptors (Lipinski definition) is 3. The molecule has 0 amide bonds. The minimum Gasteiger partial charge on any atom is -0.496 e. The number of rotatable bonds is 2. The highest BCUT2D eigenvalue weighted by molar-refractivity contribution is 5.57. The summed E-state index contributed by atoms with van der Waals surface area (Å²) in [7, 11) is 3.49. The summed E-state index contributed by atoms with van der Waals surface area (Å²) in [4.78, 5) is 0. The first-order valence-corrected chi connectivity index (χ1v) is 6.25. The molecular weight excluding hydrogens is 216 g/mol. The second-order valence-corrected chi connectivity index (χ2v) is 5.15. The first kappa shape index (κ1) is 9.77. The van der Waals surface area contributed by atoms with Gasteiger partial charge >= 0.3 is 0 Å². The minimum atomic E-state index is 0.447. The SMILES string of the molecule is COc1ccc(OC)c2c1[C@H]1CC[C@@H]2[C@H]2O[C@H]21. The highest BCUT2D eigenvalue weighted by Gasteiger charge is 2.59. The van der Waals surface area contributed by atoms with Crippen LogP contribution in [0.25, 0.3) is 0 Å². The number of hydrogen-bond donors (Lipinski definition) is 0. The first-order valence-electron chi connectivity index (χ1n) is 6.25. The van der Waals surface area contributed by atoms with Crippen molar-refractivity contribution in [2.45, 2.75) is 36.9 Å². The molecule has 3 aliphatic carbocycles. The molecule has 1 aromatic carbocycles. The molecule has 4 atom stereocenters. The zero-order valence-corrected chi connectivity index (χ0v) is 10.1. The van der Waals surface area contributed by atoms with E-state index in [1.165, 1.54) is 24.0 Å². The van der Waals surface area contributed by atoms with Gasteiger partial charge in [0.25, 0.3) is 0 Å². The Bertz CT molecular complexity index is 440. The first-order chi connectivity index (χ1) is 8.35. The Labute approximate surface area is 101 Å². The molecule has 0 aromatic heterocycles. The maximum absolute atomic E-state index is 5.84. The third kappa shape index (κ3) is 1.10. The summed E-state index contributed by atoms with van der Waals surface area (Å²) in [5.41, 5.74) is 2.70. The molecule has 1 aliphatic heterocycles. The number of ether oxygens (including phenoxy) is 3. The fourth-order valence-electron chi connectivity index (χ4n) is 3.81. The summed E-state index contributed by atoms with van der Waals surface area (Å²) in [6, 6.07) is 4.05. The summed E-state index contributed by atoms with van der Waals surface area (Å²) in [5, 5.41) is 0. The molecule has 0 radical (unpaired) electrons. The molecular formula is C14H16O3. The Morgan fingerprint density at radius 1 is 0.941 bits per heavy atom. The molecule has 3 nitrogen and oxygen atoms in total. The molecule has 17 heavy (non-hydrogen) atoms. The maximum atomic E-state index is 5.84. The van der Waals surface area contributed by atoms with Gasteiger partial charge in [0.1, 0.15) is 11.5 Å². The number of methoxy groups -OCH3 is 2. The molecule has 1 saturated carbocycles. The van der Waals surface area contributed by atoms with Crippen LogP contribution in [0.5, 0.6) is 11.5 Å². The summed E-state index contributed by atoms with van der Waals surface area (Å²) in [6.07, 6.45) is 3.34. The van der Waals surface area contributed by atoms with Crippen LogP contribution in [-0.4, -0.2) is 26.4 Å². The van der Waals surface area contributed by atoms with Crippen LogP contribution in [0.1, 0.15) is 35.8 Å². The molecule has 0 spiro atoms. The van der Waals surface area contributed by atoms with Gasteiger partial charge in [0, 0.05) is 23.0 Å². The second kappa shape index (κ2) is 3.16. The lowest BCUT2D eigenvalue weighted by atomic mass is 9.66. The predicted octanol–water partition coefficient (Wildman–Crippen LogP) is 2.45. The lowest BCUT2D eigenvalue weighted by Gasteiger charge is -2.36. The maximum Gasteiger partial charge on any atom is 0.122 e. The number of benzene rings is 1. The summed E-state index contributed by atoms with van der Waals surface area (Å²) < 4.78 is 16.9. The molecule has 90 valence electrons. The van der Waals surface area contributed by atoms with E-state index >= 15 is 0 Å². The van der Waals surface area contributed by atoms with Crippen molar-refractivity contribution in [1.29, 1.82) is 0 Å². The van der Waals surface area contributed by atoms with Crippen molar-refractivity contribution in [3.05, 3.63) is 23.3 Å². The second-order valence-electron chi connectivity index (χ2n) is 5.15.